The summed E-state index contributed by atoms with van der Waals surface area (Å²) in [6, 6.07) is 5.77. The number of hydrogen-bond donors (Lipinski definition) is 1. The lowest BCUT2D eigenvalue weighted by Gasteiger charge is -2.50. The third kappa shape index (κ3) is 3.23. The van der Waals surface area contributed by atoms with E-state index in [1.165, 1.54) is 0 Å². The topological polar surface area (TPSA) is 57.6 Å². The Morgan fingerprint density at radius 1 is 1.42 bits per heavy atom. The van der Waals surface area contributed by atoms with Crippen LogP contribution in [0.5, 0.6) is 0 Å². The number of benzene rings is 1. The largest absolute Gasteiger partial charge is 0.465 e. The van der Waals surface area contributed by atoms with Crippen LogP contribution >= 0.6 is 27.7 Å². The Morgan fingerprint density at radius 3 is 2.75 bits per heavy atom. The second-order valence-corrected chi connectivity index (χ2v) is 10.3. The Balaban J connectivity index is 1.94. The van der Waals surface area contributed by atoms with E-state index >= 15 is 0 Å². The first-order valence-corrected chi connectivity index (χ1v) is 9.74. The average Bonchev–Trinajstić information content (AvgIpc) is 2.47. The molecule has 2 unspecified atom stereocenters. The molecule has 2 aliphatic heterocycles. The monoisotopic (exact) mass is 411 g/mol. The molecular formula is C18H22BrNO3S. The number of fused-ring (bicyclic) bond motifs is 1. The van der Waals surface area contributed by atoms with Gasteiger partial charge >= 0.3 is 6.09 Å². The van der Waals surface area contributed by atoms with Crippen molar-refractivity contribution in [1.29, 1.82) is 0 Å². The second kappa shape index (κ2) is 6.06. The van der Waals surface area contributed by atoms with E-state index in [1.807, 2.05) is 18.2 Å². The molecule has 4 nitrogen and oxygen atoms in total. The number of carbonyl (C=O) groups excluding carboxylic acids is 1. The first-order valence-electron chi connectivity index (χ1n) is 8.13. The lowest BCUT2D eigenvalue weighted by Crippen LogP contribution is -2.56. The van der Waals surface area contributed by atoms with Gasteiger partial charge < -0.3 is 10.0 Å². The number of likely N-dealkylation sites (tertiary alicyclic amines) is 1. The van der Waals surface area contributed by atoms with Crippen LogP contribution in [0.1, 0.15) is 50.4 Å². The van der Waals surface area contributed by atoms with Crippen molar-refractivity contribution in [1.82, 2.24) is 4.90 Å². The quantitative estimate of drug-likeness (QED) is 0.648. The van der Waals surface area contributed by atoms with Crippen molar-refractivity contribution in [3.8, 4) is 0 Å². The van der Waals surface area contributed by atoms with Gasteiger partial charge in [-0.1, -0.05) is 36.7 Å². The number of hydrogen-bond acceptors (Lipinski definition) is 3. The van der Waals surface area contributed by atoms with Crippen molar-refractivity contribution in [2.45, 2.75) is 55.7 Å². The molecule has 1 fully saturated rings. The minimum atomic E-state index is -0.860. The van der Waals surface area contributed by atoms with Gasteiger partial charge in [-0.3, -0.25) is 4.79 Å². The SMILES string of the molecule is CC(C)(C)C1CC2(CCN1C(=O)O)CC(=O)c1cc(Br)ccc1S2. The van der Waals surface area contributed by atoms with Gasteiger partial charge in [0.2, 0.25) is 0 Å². The molecule has 1 spiro atoms. The molecule has 1 amide bonds. The average molecular weight is 412 g/mol. The highest BCUT2D eigenvalue weighted by Crippen LogP contribution is 2.52. The Bertz CT molecular complexity index is 700. The van der Waals surface area contributed by atoms with Crippen LogP contribution in [0.3, 0.4) is 0 Å². The predicted octanol–water partition coefficient (Wildman–Crippen LogP) is 5.05. The Morgan fingerprint density at radius 2 is 2.12 bits per heavy atom. The molecule has 3 rings (SSSR count). The van der Waals surface area contributed by atoms with Crippen molar-refractivity contribution in [2.75, 3.05) is 6.54 Å². The van der Waals surface area contributed by atoms with Crippen LogP contribution in [0.2, 0.25) is 0 Å². The Kier molecular flexibility index (Phi) is 4.49. The number of amides is 1. The zero-order valence-corrected chi connectivity index (χ0v) is 16.5. The molecule has 2 atom stereocenters. The zero-order chi connectivity index (χ0) is 17.7. The summed E-state index contributed by atoms with van der Waals surface area (Å²) < 4.78 is 0.723. The highest BCUT2D eigenvalue weighted by Gasteiger charge is 2.49. The van der Waals surface area contributed by atoms with E-state index in [9.17, 15) is 14.7 Å². The normalized spacial score (nSPS) is 27.2. The number of carboxylic acid groups (broad SMARTS) is 1. The van der Waals surface area contributed by atoms with Crippen molar-refractivity contribution < 1.29 is 14.7 Å². The van der Waals surface area contributed by atoms with Crippen LogP contribution in [-0.4, -0.2) is 39.2 Å². The first-order chi connectivity index (χ1) is 11.1. The summed E-state index contributed by atoms with van der Waals surface area (Å²) in [6.07, 6.45) is 1.06. The maximum atomic E-state index is 12.7. The third-order valence-electron chi connectivity index (χ3n) is 5.05. The summed E-state index contributed by atoms with van der Waals surface area (Å²) in [5, 5.41) is 9.55. The maximum absolute atomic E-state index is 12.7. The summed E-state index contributed by atoms with van der Waals surface area (Å²) in [6.45, 7) is 6.72. The molecule has 24 heavy (non-hydrogen) atoms. The van der Waals surface area contributed by atoms with Gasteiger partial charge in [-0.05, 0) is 36.5 Å². The number of nitrogens with zero attached hydrogens (tertiary/aromatic N) is 1. The third-order valence-corrected chi connectivity index (χ3v) is 7.06. The van der Waals surface area contributed by atoms with Gasteiger partial charge in [-0.2, -0.15) is 0 Å². The molecule has 1 aromatic carbocycles. The van der Waals surface area contributed by atoms with Gasteiger partial charge in [0.15, 0.2) is 5.78 Å². The van der Waals surface area contributed by atoms with Crippen LogP contribution < -0.4 is 0 Å². The van der Waals surface area contributed by atoms with Crippen LogP contribution in [0.15, 0.2) is 27.6 Å². The van der Waals surface area contributed by atoms with E-state index in [0.717, 1.165) is 21.4 Å². The first kappa shape index (κ1) is 17.8. The smallest absolute Gasteiger partial charge is 0.407 e. The second-order valence-electron chi connectivity index (χ2n) is 7.84. The van der Waals surface area contributed by atoms with Gasteiger partial charge in [0.25, 0.3) is 0 Å². The Hall–Kier alpha value is -1.01. The lowest BCUT2D eigenvalue weighted by atomic mass is 9.75. The lowest BCUT2D eigenvalue weighted by molar-refractivity contribution is 0.0454. The molecule has 0 aromatic heterocycles. The number of carbonyl (C=O) groups is 2. The molecule has 1 saturated heterocycles. The summed E-state index contributed by atoms with van der Waals surface area (Å²) in [5.74, 6) is 0.168. The van der Waals surface area contributed by atoms with Crippen LogP contribution in [0.4, 0.5) is 4.79 Å². The van der Waals surface area contributed by atoms with Gasteiger partial charge in [-0.15, -0.1) is 11.8 Å². The van der Waals surface area contributed by atoms with Gasteiger partial charge in [0, 0.05) is 38.7 Å². The number of rotatable bonds is 0. The van der Waals surface area contributed by atoms with Crippen LogP contribution in [0, 0.1) is 5.41 Å². The number of thioether (sulfide) groups is 1. The molecule has 1 N–H and O–H groups in total. The minimum Gasteiger partial charge on any atom is -0.465 e. The van der Waals surface area contributed by atoms with Crippen LogP contribution in [-0.2, 0) is 0 Å². The summed E-state index contributed by atoms with van der Waals surface area (Å²) >= 11 is 5.20. The van der Waals surface area contributed by atoms with Gasteiger partial charge in [0.1, 0.15) is 0 Å². The summed E-state index contributed by atoms with van der Waals surface area (Å²) in [5.41, 5.74) is 0.628. The molecule has 2 heterocycles. The predicted molar refractivity (Wildman–Crippen MR) is 98.9 cm³/mol. The number of halogens is 1. The molecule has 0 saturated carbocycles. The highest BCUT2D eigenvalue weighted by molar-refractivity contribution is 9.10. The molecule has 1 aromatic rings. The number of Topliss-reactive ketones (excluding diaryl/α,β-unsaturated/α-hetero) is 1. The van der Waals surface area contributed by atoms with Crippen LogP contribution in [0.25, 0.3) is 0 Å². The van der Waals surface area contributed by atoms with Crippen molar-refractivity contribution in [3.63, 3.8) is 0 Å². The van der Waals surface area contributed by atoms with E-state index in [2.05, 4.69) is 36.7 Å². The van der Waals surface area contributed by atoms with Crippen molar-refractivity contribution in [3.05, 3.63) is 28.2 Å². The standard InChI is InChI=1S/C18H22BrNO3S/c1-17(2,3)15-10-18(6-7-20(15)16(22)23)9-13(21)12-8-11(19)4-5-14(12)24-18/h4-5,8,15H,6-7,9-10H2,1-3H3,(H,22,23). The molecule has 130 valence electrons. The fourth-order valence-corrected chi connectivity index (χ4v) is 5.65. The fourth-order valence-electron chi connectivity index (χ4n) is 3.77. The Labute approximate surface area is 155 Å². The number of ketones is 1. The van der Waals surface area contributed by atoms with E-state index in [4.69, 9.17) is 0 Å². The molecule has 6 heteroatoms. The molecule has 0 bridgehead atoms. The summed E-state index contributed by atoms with van der Waals surface area (Å²) in [4.78, 5) is 26.9. The van der Waals surface area contributed by atoms with Crippen molar-refractivity contribution >= 4 is 39.6 Å². The zero-order valence-electron chi connectivity index (χ0n) is 14.1. The van der Waals surface area contributed by atoms with E-state index in [1.54, 1.807) is 16.7 Å². The minimum absolute atomic E-state index is 0.0824. The van der Waals surface area contributed by atoms with E-state index in [-0.39, 0.29) is 22.0 Å². The molecule has 0 aliphatic carbocycles. The highest BCUT2D eigenvalue weighted by atomic mass is 79.9. The van der Waals surface area contributed by atoms with E-state index in [0.29, 0.717) is 19.4 Å². The van der Waals surface area contributed by atoms with E-state index < -0.39 is 6.09 Å². The molecule has 2 aliphatic rings. The molecular weight excluding hydrogens is 390 g/mol. The molecule has 0 radical (unpaired) electrons. The van der Waals surface area contributed by atoms with Crippen molar-refractivity contribution in [2.24, 2.45) is 5.41 Å². The maximum Gasteiger partial charge on any atom is 0.407 e. The fraction of sp³-hybridized carbons (Fsp3) is 0.556. The summed E-state index contributed by atoms with van der Waals surface area (Å²) in [7, 11) is 0. The van der Waals surface area contributed by atoms with Gasteiger partial charge in [0.05, 0.1) is 0 Å². The number of piperidine rings is 1. The van der Waals surface area contributed by atoms with Gasteiger partial charge in [-0.25, -0.2) is 4.79 Å².